The molecule has 0 radical (unpaired) electrons. The van der Waals surface area contributed by atoms with Crippen LogP contribution in [0.2, 0.25) is 5.02 Å². The number of aromatic carboxylic acids is 1. The topological polar surface area (TPSA) is 37.3 Å². The monoisotopic (exact) mass is 288 g/mol. The molecule has 0 aliphatic heterocycles. The van der Waals surface area contributed by atoms with E-state index in [1.54, 1.807) is 18.2 Å². The molecule has 0 aliphatic carbocycles. The first kappa shape index (κ1) is 12.3. The number of carboxylic acid groups (broad SMARTS) is 1. The molecule has 0 heterocycles. The largest absolute Gasteiger partial charge is 0.478 e. The number of halogens is 2. The fourth-order valence-corrected chi connectivity index (χ4v) is 1.57. The molecule has 1 rings (SSSR count). The van der Waals surface area contributed by atoms with Gasteiger partial charge < -0.3 is 5.11 Å². The molecule has 2 nitrogen and oxygen atoms in total. The second-order valence-corrected chi connectivity index (χ2v) is 4.15. The minimum Gasteiger partial charge on any atom is -0.478 e. The van der Waals surface area contributed by atoms with Gasteiger partial charge >= 0.3 is 5.97 Å². The van der Waals surface area contributed by atoms with Gasteiger partial charge in [0, 0.05) is 10.4 Å². The molecule has 0 saturated heterocycles. The van der Waals surface area contributed by atoms with Gasteiger partial charge in [-0.2, -0.15) is 0 Å². The summed E-state index contributed by atoms with van der Waals surface area (Å²) >= 11 is 9.02. The summed E-state index contributed by atoms with van der Waals surface area (Å²) < 4.78 is 0. The van der Waals surface area contributed by atoms with E-state index in [4.69, 9.17) is 16.7 Å². The molecule has 0 saturated carbocycles. The lowest BCUT2D eigenvalue weighted by Gasteiger charge is -2.01. The number of allylic oxidation sites excluding steroid dienone is 1. The van der Waals surface area contributed by atoms with Crippen LogP contribution in [-0.4, -0.2) is 16.4 Å². The van der Waals surface area contributed by atoms with Gasteiger partial charge in [0.05, 0.1) is 5.56 Å². The van der Waals surface area contributed by atoms with Crippen molar-refractivity contribution in [1.82, 2.24) is 0 Å². The Labute approximate surface area is 102 Å². The van der Waals surface area contributed by atoms with Crippen LogP contribution < -0.4 is 0 Å². The van der Waals surface area contributed by atoms with Crippen molar-refractivity contribution in [3.8, 4) is 0 Å². The van der Waals surface area contributed by atoms with E-state index in [9.17, 15) is 4.79 Å². The maximum atomic E-state index is 10.9. The smallest absolute Gasteiger partial charge is 0.336 e. The molecule has 0 aliphatic rings. The Morgan fingerprint density at radius 2 is 2.27 bits per heavy atom. The Balaban J connectivity index is 3.01. The molecule has 80 valence electrons. The summed E-state index contributed by atoms with van der Waals surface area (Å²) in [4.78, 5) is 10.9. The van der Waals surface area contributed by atoms with Gasteiger partial charge in [-0.25, -0.2) is 4.79 Å². The summed E-state index contributed by atoms with van der Waals surface area (Å²) in [7, 11) is 0. The van der Waals surface area contributed by atoms with E-state index in [2.05, 4.69) is 15.9 Å². The SMILES string of the molecule is O=C(O)c1cc(Cl)ccc1C=CCCBr. The highest BCUT2D eigenvalue weighted by molar-refractivity contribution is 9.09. The predicted octanol–water partition coefficient (Wildman–Crippen LogP) is 3.84. The molecule has 4 heteroatoms. The molecule has 1 N–H and O–H groups in total. The number of hydrogen-bond donors (Lipinski definition) is 1. The fraction of sp³-hybridized carbons (Fsp3) is 0.182. The summed E-state index contributed by atoms with van der Waals surface area (Å²) in [6.07, 6.45) is 4.58. The average molecular weight is 290 g/mol. The van der Waals surface area contributed by atoms with Crippen LogP contribution in [0, 0.1) is 0 Å². The minimum absolute atomic E-state index is 0.230. The van der Waals surface area contributed by atoms with Crippen molar-refractivity contribution < 1.29 is 9.90 Å². The molecule has 1 aromatic rings. The van der Waals surface area contributed by atoms with E-state index in [-0.39, 0.29) is 5.56 Å². The fourth-order valence-electron chi connectivity index (χ4n) is 1.13. The minimum atomic E-state index is -0.962. The van der Waals surface area contributed by atoms with Gasteiger partial charge in [0.2, 0.25) is 0 Å². The van der Waals surface area contributed by atoms with Gasteiger partial charge in [-0.15, -0.1) is 0 Å². The maximum absolute atomic E-state index is 10.9. The zero-order chi connectivity index (χ0) is 11.3. The van der Waals surface area contributed by atoms with Gasteiger partial charge in [0.15, 0.2) is 0 Å². The summed E-state index contributed by atoms with van der Waals surface area (Å²) in [6, 6.07) is 4.84. The second-order valence-electron chi connectivity index (χ2n) is 2.92. The summed E-state index contributed by atoms with van der Waals surface area (Å²) in [5, 5.41) is 10.2. The van der Waals surface area contributed by atoms with Crippen molar-refractivity contribution in [2.45, 2.75) is 6.42 Å². The van der Waals surface area contributed by atoms with E-state index in [0.717, 1.165) is 11.8 Å². The lowest BCUT2D eigenvalue weighted by Crippen LogP contribution is -1.99. The molecule has 0 amide bonds. The Morgan fingerprint density at radius 3 is 2.87 bits per heavy atom. The summed E-state index contributed by atoms with van der Waals surface area (Å²) in [5.41, 5.74) is 0.904. The predicted molar refractivity (Wildman–Crippen MR) is 65.9 cm³/mol. The number of hydrogen-bond acceptors (Lipinski definition) is 1. The van der Waals surface area contributed by atoms with Gasteiger partial charge in [-0.3, -0.25) is 0 Å². The van der Waals surface area contributed by atoms with Gasteiger partial charge in [-0.1, -0.05) is 45.7 Å². The van der Waals surface area contributed by atoms with Crippen molar-refractivity contribution in [2.75, 3.05) is 5.33 Å². The first-order valence-electron chi connectivity index (χ1n) is 4.40. The van der Waals surface area contributed by atoms with Crippen LogP contribution in [0.3, 0.4) is 0 Å². The Morgan fingerprint density at radius 1 is 1.53 bits per heavy atom. The molecule has 0 spiro atoms. The lowest BCUT2D eigenvalue weighted by molar-refractivity contribution is 0.0696. The number of carboxylic acids is 1. The average Bonchev–Trinajstić information content (AvgIpc) is 2.20. The van der Waals surface area contributed by atoms with Gasteiger partial charge in [0.25, 0.3) is 0 Å². The van der Waals surface area contributed by atoms with E-state index in [1.165, 1.54) is 6.07 Å². The van der Waals surface area contributed by atoms with E-state index < -0.39 is 5.97 Å². The molecular formula is C11H10BrClO2. The zero-order valence-corrected chi connectivity index (χ0v) is 10.3. The van der Waals surface area contributed by atoms with Crippen LogP contribution in [-0.2, 0) is 0 Å². The number of carbonyl (C=O) groups is 1. The summed E-state index contributed by atoms with van der Waals surface area (Å²) in [5.74, 6) is -0.962. The van der Waals surface area contributed by atoms with E-state index >= 15 is 0 Å². The van der Waals surface area contributed by atoms with Crippen molar-refractivity contribution in [3.05, 3.63) is 40.4 Å². The third-order valence-corrected chi connectivity index (χ3v) is 2.51. The molecular weight excluding hydrogens is 279 g/mol. The van der Waals surface area contributed by atoms with Crippen LogP contribution in [0.15, 0.2) is 24.3 Å². The lowest BCUT2D eigenvalue weighted by atomic mass is 10.1. The molecule has 1 aromatic carbocycles. The number of alkyl halides is 1. The normalized spacial score (nSPS) is 10.8. The van der Waals surface area contributed by atoms with E-state index in [0.29, 0.717) is 10.6 Å². The zero-order valence-electron chi connectivity index (χ0n) is 7.91. The molecule has 0 aromatic heterocycles. The Kier molecular flexibility index (Phi) is 4.85. The van der Waals surface area contributed by atoms with Crippen molar-refractivity contribution >= 4 is 39.6 Å². The third kappa shape index (κ3) is 3.68. The van der Waals surface area contributed by atoms with Gasteiger partial charge in [-0.05, 0) is 24.1 Å². The van der Waals surface area contributed by atoms with Crippen LogP contribution in [0.5, 0.6) is 0 Å². The molecule has 0 bridgehead atoms. The second kappa shape index (κ2) is 5.93. The molecule has 0 fully saturated rings. The highest BCUT2D eigenvalue weighted by Crippen LogP contribution is 2.17. The first-order valence-corrected chi connectivity index (χ1v) is 5.90. The number of benzene rings is 1. The Bertz CT molecular complexity index is 388. The first-order chi connectivity index (χ1) is 7.15. The van der Waals surface area contributed by atoms with Crippen LogP contribution in [0.1, 0.15) is 22.3 Å². The van der Waals surface area contributed by atoms with Crippen LogP contribution >= 0.6 is 27.5 Å². The molecule has 0 unspecified atom stereocenters. The highest BCUT2D eigenvalue weighted by atomic mass is 79.9. The van der Waals surface area contributed by atoms with Crippen molar-refractivity contribution in [2.24, 2.45) is 0 Å². The van der Waals surface area contributed by atoms with E-state index in [1.807, 2.05) is 6.08 Å². The van der Waals surface area contributed by atoms with Crippen LogP contribution in [0.4, 0.5) is 0 Å². The van der Waals surface area contributed by atoms with Crippen molar-refractivity contribution in [1.29, 1.82) is 0 Å². The number of rotatable bonds is 4. The maximum Gasteiger partial charge on any atom is 0.336 e. The summed E-state index contributed by atoms with van der Waals surface area (Å²) in [6.45, 7) is 0. The third-order valence-electron chi connectivity index (χ3n) is 1.82. The molecule has 15 heavy (non-hydrogen) atoms. The standard InChI is InChI=1S/C11H10BrClO2/c12-6-2-1-3-8-4-5-9(13)7-10(8)11(14)15/h1,3-5,7H,2,6H2,(H,14,15). The quantitative estimate of drug-likeness (QED) is 0.855. The Hall–Kier alpha value is -0.800. The van der Waals surface area contributed by atoms with Gasteiger partial charge in [0.1, 0.15) is 0 Å². The highest BCUT2D eigenvalue weighted by Gasteiger charge is 2.07. The molecule has 0 atom stereocenters. The van der Waals surface area contributed by atoms with Crippen LogP contribution in [0.25, 0.3) is 6.08 Å². The van der Waals surface area contributed by atoms with Crippen molar-refractivity contribution in [3.63, 3.8) is 0 Å².